The molecular formula is C20H21N2O+. The van der Waals surface area contributed by atoms with E-state index in [1.165, 1.54) is 0 Å². The van der Waals surface area contributed by atoms with E-state index < -0.39 is 5.60 Å². The highest BCUT2D eigenvalue weighted by molar-refractivity contribution is 5.35. The molecule has 0 unspecified atom stereocenters. The number of pyridine rings is 1. The van der Waals surface area contributed by atoms with Crippen LogP contribution in [0.2, 0.25) is 0 Å². The fraction of sp³-hybridized carbons (Fsp3) is 0.150. The van der Waals surface area contributed by atoms with Crippen molar-refractivity contribution in [3.05, 3.63) is 102 Å². The van der Waals surface area contributed by atoms with Gasteiger partial charge in [-0.3, -0.25) is 4.98 Å². The van der Waals surface area contributed by atoms with Crippen molar-refractivity contribution in [2.45, 2.75) is 12.1 Å². The molecule has 3 nitrogen and oxygen atoms in total. The molecule has 0 aliphatic carbocycles. The Labute approximate surface area is 136 Å². The maximum atomic E-state index is 11.4. The van der Waals surface area contributed by atoms with Crippen LogP contribution in [0, 0.1) is 0 Å². The molecule has 2 aromatic carbocycles. The fourth-order valence-electron chi connectivity index (χ4n) is 2.78. The van der Waals surface area contributed by atoms with Crippen LogP contribution in [0.25, 0.3) is 0 Å². The van der Waals surface area contributed by atoms with E-state index in [2.05, 4.69) is 10.3 Å². The first-order valence-electron chi connectivity index (χ1n) is 7.84. The molecule has 0 aliphatic rings. The number of nitrogens with two attached hydrogens (primary N) is 1. The van der Waals surface area contributed by atoms with Gasteiger partial charge < -0.3 is 10.4 Å². The third kappa shape index (κ3) is 3.65. The first-order chi connectivity index (χ1) is 11.3. The van der Waals surface area contributed by atoms with Gasteiger partial charge in [-0.25, -0.2) is 0 Å². The molecule has 3 aromatic rings. The average molecular weight is 305 g/mol. The van der Waals surface area contributed by atoms with Gasteiger partial charge in [-0.15, -0.1) is 0 Å². The van der Waals surface area contributed by atoms with Gasteiger partial charge in [0.05, 0.1) is 5.69 Å². The first kappa shape index (κ1) is 15.4. The fourth-order valence-corrected chi connectivity index (χ4v) is 2.78. The molecule has 0 saturated carbocycles. The predicted octanol–water partition coefficient (Wildman–Crippen LogP) is 2.08. The van der Waals surface area contributed by atoms with Crippen molar-refractivity contribution >= 4 is 0 Å². The molecular weight excluding hydrogens is 284 g/mol. The minimum absolute atomic E-state index is 0.539. The van der Waals surface area contributed by atoms with Crippen molar-refractivity contribution in [3.63, 3.8) is 0 Å². The number of rotatable bonds is 6. The van der Waals surface area contributed by atoms with Crippen LogP contribution in [-0.4, -0.2) is 16.6 Å². The van der Waals surface area contributed by atoms with Crippen LogP contribution in [0.3, 0.4) is 0 Å². The summed E-state index contributed by atoms with van der Waals surface area (Å²) in [6.45, 7) is 1.28. The van der Waals surface area contributed by atoms with Gasteiger partial charge in [0.15, 0.2) is 5.60 Å². The summed E-state index contributed by atoms with van der Waals surface area (Å²) in [5, 5.41) is 13.5. The maximum Gasteiger partial charge on any atom is 0.163 e. The molecule has 3 rings (SSSR count). The van der Waals surface area contributed by atoms with Crippen LogP contribution in [0.1, 0.15) is 16.8 Å². The Morgan fingerprint density at radius 1 is 0.783 bits per heavy atom. The topological polar surface area (TPSA) is 49.7 Å². The average Bonchev–Trinajstić information content (AvgIpc) is 2.64. The van der Waals surface area contributed by atoms with Gasteiger partial charge in [-0.2, -0.15) is 0 Å². The summed E-state index contributed by atoms with van der Waals surface area (Å²) in [5.74, 6) is 0. The summed E-state index contributed by atoms with van der Waals surface area (Å²) in [5.41, 5.74) is 1.81. The molecule has 3 heteroatoms. The zero-order chi connectivity index (χ0) is 16.0. The molecule has 1 heterocycles. The van der Waals surface area contributed by atoms with Crippen LogP contribution in [0.4, 0.5) is 0 Å². The summed E-state index contributed by atoms with van der Waals surface area (Å²) < 4.78 is 0. The smallest absolute Gasteiger partial charge is 0.163 e. The number of benzene rings is 2. The van der Waals surface area contributed by atoms with Crippen molar-refractivity contribution in [3.8, 4) is 0 Å². The molecule has 0 aliphatic heterocycles. The second kappa shape index (κ2) is 7.18. The van der Waals surface area contributed by atoms with E-state index in [4.69, 9.17) is 0 Å². The Balaban J connectivity index is 1.82. The highest BCUT2D eigenvalue weighted by Gasteiger charge is 2.33. The van der Waals surface area contributed by atoms with Gasteiger partial charge in [-0.05, 0) is 23.3 Å². The summed E-state index contributed by atoms with van der Waals surface area (Å²) >= 11 is 0. The van der Waals surface area contributed by atoms with Gasteiger partial charge >= 0.3 is 0 Å². The number of hydrogen-bond donors (Lipinski definition) is 2. The van der Waals surface area contributed by atoms with Crippen LogP contribution < -0.4 is 5.32 Å². The van der Waals surface area contributed by atoms with E-state index in [1.54, 1.807) is 6.20 Å². The Bertz CT molecular complexity index is 675. The number of quaternary nitrogens is 1. The molecule has 1 aromatic heterocycles. The maximum absolute atomic E-state index is 11.4. The zero-order valence-corrected chi connectivity index (χ0v) is 13.0. The molecule has 23 heavy (non-hydrogen) atoms. The second-order valence-corrected chi connectivity index (χ2v) is 5.61. The molecule has 0 fully saturated rings. The molecule has 0 atom stereocenters. The lowest BCUT2D eigenvalue weighted by Gasteiger charge is -2.27. The summed E-state index contributed by atoms with van der Waals surface area (Å²) in [4.78, 5) is 4.33. The molecule has 0 bridgehead atoms. The Morgan fingerprint density at radius 3 is 1.87 bits per heavy atom. The third-order valence-corrected chi connectivity index (χ3v) is 4.02. The SMILES string of the molecule is OC(C[NH2+]Cc1ccccn1)(c1ccccc1)c1ccccc1. The van der Waals surface area contributed by atoms with E-state index in [0.29, 0.717) is 6.54 Å². The number of hydrogen-bond acceptors (Lipinski definition) is 2. The highest BCUT2D eigenvalue weighted by Crippen LogP contribution is 2.27. The lowest BCUT2D eigenvalue weighted by molar-refractivity contribution is -0.682. The molecule has 0 spiro atoms. The molecule has 0 saturated heterocycles. The Hall–Kier alpha value is -2.49. The van der Waals surface area contributed by atoms with Crippen molar-refractivity contribution < 1.29 is 10.4 Å². The minimum Gasteiger partial charge on any atom is -0.375 e. The summed E-state index contributed by atoms with van der Waals surface area (Å²) in [6, 6.07) is 25.6. The molecule has 0 amide bonds. The van der Waals surface area contributed by atoms with Gasteiger partial charge in [0, 0.05) is 6.20 Å². The van der Waals surface area contributed by atoms with E-state index >= 15 is 0 Å². The quantitative estimate of drug-likeness (QED) is 0.732. The van der Waals surface area contributed by atoms with E-state index in [-0.39, 0.29) is 0 Å². The van der Waals surface area contributed by atoms with Crippen LogP contribution in [-0.2, 0) is 12.1 Å². The standard InChI is InChI=1S/C20H20N2O/c23-20(17-9-3-1-4-10-17,18-11-5-2-6-12-18)16-21-15-19-13-7-8-14-22-19/h1-14,21,23H,15-16H2/p+1. The third-order valence-electron chi connectivity index (χ3n) is 4.02. The molecule has 3 N–H and O–H groups in total. The largest absolute Gasteiger partial charge is 0.375 e. The zero-order valence-electron chi connectivity index (χ0n) is 13.0. The van der Waals surface area contributed by atoms with Gasteiger partial charge in [0.25, 0.3) is 0 Å². The second-order valence-electron chi connectivity index (χ2n) is 5.61. The normalized spacial score (nSPS) is 11.3. The van der Waals surface area contributed by atoms with Gasteiger partial charge in [0.2, 0.25) is 0 Å². The van der Waals surface area contributed by atoms with Crippen LogP contribution in [0.5, 0.6) is 0 Å². The van der Waals surface area contributed by atoms with Crippen molar-refractivity contribution in [2.24, 2.45) is 0 Å². The van der Waals surface area contributed by atoms with Crippen molar-refractivity contribution in [2.75, 3.05) is 6.54 Å². The highest BCUT2D eigenvalue weighted by atomic mass is 16.3. The van der Waals surface area contributed by atoms with Crippen LogP contribution in [0.15, 0.2) is 85.1 Å². The lowest BCUT2D eigenvalue weighted by Crippen LogP contribution is -2.86. The Kier molecular flexibility index (Phi) is 4.81. The van der Waals surface area contributed by atoms with E-state index in [0.717, 1.165) is 23.4 Å². The van der Waals surface area contributed by atoms with Gasteiger partial charge in [0.1, 0.15) is 13.1 Å². The summed E-state index contributed by atoms with van der Waals surface area (Å²) in [7, 11) is 0. The summed E-state index contributed by atoms with van der Waals surface area (Å²) in [6.07, 6.45) is 1.80. The minimum atomic E-state index is -1.02. The predicted molar refractivity (Wildman–Crippen MR) is 90.6 cm³/mol. The monoisotopic (exact) mass is 305 g/mol. The van der Waals surface area contributed by atoms with Crippen molar-refractivity contribution in [1.82, 2.24) is 4.98 Å². The Morgan fingerprint density at radius 2 is 1.35 bits per heavy atom. The molecule has 116 valence electrons. The number of aliphatic hydroxyl groups is 1. The number of aromatic nitrogens is 1. The molecule has 0 radical (unpaired) electrons. The van der Waals surface area contributed by atoms with E-state index in [1.807, 2.05) is 78.9 Å². The number of nitrogens with zero attached hydrogens (tertiary/aromatic N) is 1. The first-order valence-corrected chi connectivity index (χ1v) is 7.84. The lowest BCUT2D eigenvalue weighted by atomic mass is 9.86. The van der Waals surface area contributed by atoms with Crippen molar-refractivity contribution in [1.29, 1.82) is 0 Å². The van der Waals surface area contributed by atoms with Gasteiger partial charge in [-0.1, -0.05) is 66.7 Å². The van der Waals surface area contributed by atoms with E-state index in [9.17, 15) is 5.11 Å². The van der Waals surface area contributed by atoms with Crippen LogP contribution >= 0.6 is 0 Å².